The normalized spacial score (nSPS) is 11.2. The van der Waals surface area contributed by atoms with E-state index in [9.17, 15) is 4.39 Å². The molecule has 0 bridgehead atoms. The van der Waals surface area contributed by atoms with Gasteiger partial charge in [-0.2, -0.15) is 0 Å². The molecular weight excluding hydrogens is 229 g/mol. The van der Waals surface area contributed by atoms with Gasteiger partial charge in [0.2, 0.25) is 0 Å². The average molecular weight is 239 g/mol. The van der Waals surface area contributed by atoms with E-state index in [4.69, 9.17) is 5.84 Å². The van der Waals surface area contributed by atoms with Gasteiger partial charge in [-0.3, -0.25) is 5.01 Å². The number of halogens is 1. The Morgan fingerprint density at radius 3 is 3.19 bits per heavy atom. The summed E-state index contributed by atoms with van der Waals surface area (Å²) in [6, 6.07) is 1.63. The van der Waals surface area contributed by atoms with E-state index in [1.54, 1.807) is 12.3 Å². The number of aromatic nitrogens is 2. The molecule has 0 unspecified atom stereocenters. The predicted molar refractivity (Wildman–Crippen MR) is 64.0 cm³/mol. The summed E-state index contributed by atoms with van der Waals surface area (Å²) >= 11 is 3.78. The van der Waals surface area contributed by atoms with Crippen molar-refractivity contribution in [3.63, 3.8) is 0 Å². The molecule has 2 aromatic rings. The van der Waals surface area contributed by atoms with Crippen LogP contribution < -0.4 is 15.6 Å². The fraction of sp³-hybridized carbons (Fsp3) is 0. The third kappa shape index (κ3) is 1.82. The van der Waals surface area contributed by atoms with Crippen molar-refractivity contribution in [3.8, 4) is 0 Å². The number of rotatable bonds is 3. The Bertz CT molecular complexity index is 524. The number of nitrogens with two attached hydrogens (primary N) is 1. The summed E-state index contributed by atoms with van der Waals surface area (Å²) in [7, 11) is 0. The van der Waals surface area contributed by atoms with Gasteiger partial charge < -0.3 is 9.71 Å². The van der Waals surface area contributed by atoms with Gasteiger partial charge >= 0.3 is 0 Å². The lowest BCUT2D eigenvalue weighted by Crippen LogP contribution is -2.26. The zero-order chi connectivity index (χ0) is 11.5. The fourth-order valence-corrected chi connectivity index (χ4v) is 1.45. The quantitative estimate of drug-likeness (QED) is 0.370. The van der Waals surface area contributed by atoms with Gasteiger partial charge in [-0.05, 0) is 6.07 Å². The Hall–Kier alpha value is -1.73. The Labute approximate surface area is 96.7 Å². The van der Waals surface area contributed by atoms with E-state index in [2.05, 4.69) is 27.5 Å². The van der Waals surface area contributed by atoms with Crippen molar-refractivity contribution in [2.24, 2.45) is 5.84 Å². The van der Waals surface area contributed by atoms with Crippen LogP contribution in [0, 0.1) is 5.82 Å². The molecule has 4 N–H and O–H groups in total. The summed E-state index contributed by atoms with van der Waals surface area (Å²) in [5, 5.41) is 1.72. The van der Waals surface area contributed by atoms with E-state index in [-0.39, 0.29) is 5.82 Å². The number of H-pyrrole nitrogens is 1. The maximum atomic E-state index is 13.3. The van der Waals surface area contributed by atoms with Crippen LogP contribution >= 0.6 is 12.8 Å². The number of fused-ring (bicyclic) bond motifs is 1. The molecule has 84 valence electrons. The smallest absolute Gasteiger partial charge is 0.171 e. The van der Waals surface area contributed by atoms with Crippen molar-refractivity contribution in [1.82, 2.24) is 14.7 Å². The predicted octanol–water partition coefficient (Wildman–Crippen LogP) is 1.29. The molecule has 0 aliphatic carbocycles. The Kier molecular flexibility index (Phi) is 2.97. The van der Waals surface area contributed by atoms with Crippen LogP contribution in [0.25, 0.3) is 10.9 Å². The largest absolute Gasteiger partial charge is 0.358 e. The second kappa shape index (κ2) is 4.42. The minimum Gasteiger partial charge on any atom is -0.358 e. The second-order valence-corrected chi connectivity index (χ2v) is 3.31. The molecule has 0 aliphatic rings. The van der Waals surface area contributed by atoms with Crippen LogP contribution in [0.4, 0.5) is 10.2 Å². The standard InChI is InChI=1S/C9H10FN5S/c10-7-5-13-9(15(11)4-3-14-16)8-6(7)1-2-12-8/h1-5,12,14,16H,11H2/b4-3-. The Morgan fingerprint density at radius 2 is 2.44 bits per heavy atom. The zero-order valence-electron chi connectivity index (χ0n) is 8.18. The van der Waals surface area contributed by atoms with Crippen molar-refractivity contribution in [1.29, 1.82) is 0 Å². The summed E-state index contributed by atoms with van der Waals surface area (Å²) in [5.74, 6) is 5.77. The highest BCUT2D eigenvalue weighted by Crippen LogP contribution is 2.23. The van der Waals surface area contributed by atoms with E-state index in [1.165, 1.54) is 17.4 Å². The molecule has 0 amide bonds. The molecule has 0 atom stereocenters. The number of hydrogen-bond donors (Lipinski definition) is 4. The van der Waals surface area contributed by atoms with Crippen molar-refractivity contribution in [2.75, 3.05) is 5.01 Å². The summed E-state index contributed by atoms with van der Waals surface area (Å²) in [5.41, 5.74) is 0.548. The maximum absolute atomic E-state index is 13.3. The van der Waals surface area contributed by atoms with Crippen LogP contribution in [0.2, 0.25) is 0 Å². The molecule has 0 spiro atoms. The summed E-state index contributed by atoms with van der Waals surface area (Å²) in [6.45, 7) is 0. The number of nitrogens with zero attached hydrogens (tertiary/aromatic N) is 2. The molecule has 0 aromatic carbocycles. The van der Waals surface area contributed by atoms with Gasteiger partial charge in [-0.1, -0.05) is 12.8 Å². The second-order valence-electron chi connectivity index (χ2n) is 3.05. The lowest BCUT2D eigenvalue weighted by Gasteiger charge is -2.13. The first-order chi connectivity index (χ1) is 7.74. The van der Waals surface area contributed by atoms with Crippen LogP contribution in [0.15, 0.2) is 30.9 Å². The molecule has 7 heteroatoms. The number of pyridine rings is 1. The van der Waals surface area contributed by atoms with Crippen LogP contribution in [0.3, 0.4) is 0 Å². The van der Waals surface area contributed by atoms with Gasteiger partial charge in [0.05, 0.1) is 11.7 Å². The topological polar surface area (TPSA) is 70.0 Å². The molecule has 5 nitrogen and oxygen atoms in total. The number of aromatic amines is 1. The summed E-state index contributed by atoms with van der Waals surface area (Å²) in [4.78, 5) is 6.81. The molecule has 0 fully saturated rings. The van der Waals surface area contributed by atoms with Crippen molar-refractivity contribution >= 4 is 29.5 Å². The number of hydrazine groups is 1. The van der Waals surface area contributed by atoms with Crippen molar-refractivity contribution < 1.29 is 4.39 Å². The van der Waals surface area contributed by atoms with Crippen molar-refractivity contribution in [3.05, 3.63) is 36.7 Å². The van der Waals surface area contributed by atoms with Crippen molar-refractivity contribution in [2.45, 2.75) is 0 Å². The lowest BCUT2D eigenvalue weighted by atomic mass is 10.3. The molecule has 0 aliphatic heterocycles. The molecule has 2 rings (SSSR count). The van der Waals surface area contributed by atoms with Crippen LogP contribution in [0.1, 0.15) is 0 Å². The number of nitrogens with one attached hydrogen (secondary N) is 2. The van der Waals surface area contributed by atoms with Gasteiger partial charge in [0.25, 0.3) is 0 Å². The highest BCUT2D eigenvalue weighted by Gasteiger charge is 2.10. The molecule has 0 radical (unpaired) electrons. The third-order valence-corrected chi connectivity index (χ3v) is 2.23. The first-order valence-electron chi connectivity index (χ1n) is 4.46. The first kappa shape index (κ1) is 10.8. The summed E-state index contributed by atoms with van der Waals surface area (Å²) in [6.07, 6.45) is 5.80. The number of thiol groups is 1. The number of hydrogen-bond acceptors (Lipinski definition) is 5. The van der Waals surface area contributed by atoms with Crippen LogP contribution in [-0.4, -0.2) is 9.97 Å². The lowest BCUT2D eigenvalue weighted by molar-refractivity contribution is 0.634. The van der Waals surface area contributed by atoms with Gasteiger partial charge in [-0.25, -0.2) is 15.2 Å². The summed E-state index contributed by atoms with van der Waals surface area (Å²) < 4.78 is 15.8. The van der Waals surface area contributed by atoms with Gasteiger partial charge in [0.1, 0.15) is 0 Å². The minimum atomic E-state index is -0.385. The minimum absolute atomic E-state index is 0.385. The van der Waals surface area contributed by atoms with E-state index in [0.717, 1.165) is 6.20 Å². The molecule has 16 heavy (non-hydrogen) atoms. The van der Waals surface area contributed by atoms with Gasteiger partial charge in [-0.15, -0.1) is 0 Å². The molecule has 0 saturated heterocycles. The first-order valence-corrected chi connectivity index (χ1v) is 4.90. The number of anilines is 1. The maximum Gasteiger partial charge on any atom is 0.171 e. The fourth-order valence-electron chi connectivity index (χ4n) is 1.39. The van der Waals surface area contributed by atoms with E-state index < -0.39 is 0 Å². The van der Waals surface area contributed by atoms with Crippen LogP contribution in [-0.2, 0) is 0 Å². The van der Waals surface area contributed by atoms with E-state index in [0.29, 0.717) is 16.7 Å². The Balaban J connectivity index is 2.48. The molecule has 2 aromatic heterocycles. The molecule has 2 heterocycles. The highest BCUT2D eigenvalue weighted by atomic mass is 32.1. The van der Waals surface area contributed by atoms with E-state index in [1.807, 2.05) is 0 Å². The SMILES string of the molecule is NN(/C=C\NS)c1ncc(F)c2cc[nH]c12. The zero-order valence-corrected chi connectivity index (χ0v) is 9.08. The van der Waals surface area contributed by atoms with Crippen LogP contribution in [0.5, 0.6) is 0 Å². The van der Waals surface area contributed by atoms with E-state index >= 15 is 0 Å². The highest BCUT2D eigenvalue weighted by molar-refractivity contribution is 7.78. The van der Waals surface area contributed by atoms with Gasteiger partial charge in [0.15, 0.2) is 11.6 Å². The average Bonchev–Trinajstić information content (AvgIpc) is 2.76. The molecular formula is C9H10FN5S. The van der Waals surface area contributed by atoms with Gasteiger partial charge in [0, 0.05) is 24.0 Å². The Morgan fingerprint density at radius 1 is 1.62 bits per heavy atom. The monoisotopic (exact) mass is 239 g/mol. The third-order valence-electron chi connectivity index (χ3n) is 2.08. The molecule has 0 saturated carbocycles.